The second kappa shape index (κ2) is 5.86. The van der Waals surface area contributed by atoms with E-state index >= 15 is 0 Å². The van der Waals surface area contributed by atoms with Crippen molar-refractivity contribution >= 4 is 9.84 Å². The maximum absolute atomic E-state index is 11.8. The highest BCUT2D eigenvalue weighted by molar-refractivity contribution is 7.91. The van der Waals surface area contributed by atoms with Gasteiger partial charge in [0.15, 0.2) is 9.84 Å². The van der Waals surface area contributed by atoms with Crippen LogP contribution in [0.15, 0.2) is 0 Å². The molecule has 0 aromatic rings. The van der Waals surface area contributed by atoms with E-state index in [4.69, 9.17) is 4.74 Å². The van der Waals surface area contributed by atoms with Gasteiger partial charge in [0.2, 0.25) is 0 Å². The summed E-state index contributed by atoms with van der Waals surface area (Å²) < 4.78 is 29.5. The minimum atomic E-state index is -2.89. The van der Waals surface area contributed by atoms with Crippen molar-refractivity contribution in [2.75, 3.05) is 50.8 Å². The van der Waals surface area contributed by atoms with Crippen LogP contribution in [0.2, 0.25) is 0 Å². The van der Waals surface area contributed by atoms with E-state index in [1.807, 2.05) is 0 Å². The molecule has 0 amide bonds. The van der Waals surface area contributed by atoms with Crippen molar-refractivity contribution in [3.05, 3.63) is 0 Å². The van der Waals surface area contributed by atoms with Gasteiger partial charge in [-0.3, -0.25) is 9.80 Å². The molecule has 2 unspecified atom stereocenters. The molecule has 2 atom stereocenters. The van der Waals surface area contributed by atoms with Crippen molar-refractivity contribution in [1.82, 2.24) is 9.80 Å². The van der Waals surface area contributed by atoms with Gasteiger partial charge in [-0.15, -0.1) is 0 Å². The van der Waals surface area contributed by atoms with Crippen molar-refractivity contribution in [2.24, 2.45) is 0 Å². The van der Waals surface area contributed by atoms with E-state index in [9.17, 15) is 8.42 Å². The van der Waals surface area contributed by atoms with E-state index < -0.39 is 9.84 Å². The van der Waals surface area contributed by atoms with Crippen LogP contribution in [0.3, 0.4) is 0 Å². The van der Waals surface area contributed by atoms with Gasteiger partial charge in [-0.25, -0.2) is 8.42 Å². The van der Waals surface area contributed by atoms with Crippen molar-refractivity contribution < 1.29 is 13.2 Å². The number of rotatable bonds is 3. The van der Waals surface area contributed by atoms with Gasteiger partial charge in [0.25, 0.3) is 0 Å². The monoisotopic (exact) mass is 276 g/mol. The third-order valence-corrected chi connectivity index (χ3v) is 5.70. The highest BCUT2D eigenvalue weighted by Gasteiger charge is 2.37. The molecule has 0 saturated carbocycles. The van der Waals surface area contributed by atoms with Gasteiger partial charge in [0, 0.05) is 19.6 Å². The van der Waals surface area contributed by atoms with E-state index in [1.54, 1.807) is 0 Å². The summed E-state index contributed by atoms with van der Waals surface area (Å²) in [6.45, 7) is 9.30. The van der Waals surface area contributed by atoms with Crippen LogP contribution in [-0.4, -0.2) is 81.2 Å². The molecule has 0 aliphatic carbocycles. The number of hydrogen-bond donors (Lipinski definition) is 0. The van der Waals surface area contributed by atoms with E-state index in [2.05, 4.69) is 23.6 Å². The molecule has 0 spiro atoms. The summed E-state index contributed by atoms with van der Waals surface area (Å²) in [5, 5.41) is 0. The zero-order chi connectivity index (χ0) is 13.2. The molecule has 0 aromatic carbocycles. The molecule has 2 aliphatic rings. The Kier molecular flexibility index (Phi) is 4.64. The molecule has 5 nitrogen and oxygen atoms in total. The zero-order valence-electron chi connectivity index (χ0n) is 11.3. The Morgan fingerprint density at radius 2 is 2.00 bits per heavy atom. The normalized spacial score (nSPS) is 34.6. The SMILES string of the molecule is CCN1CCOC(C2CS(=O)(=O)CCN2CC)C1. The molecule has 2 heterocycles. The van der Waals surface area contributed by atoms with Gasteiger partial charge in [-0.1, -0.05) is 13.8 Å². The molecule has 106 valence electrons. The van der Waals surface area contributed by atoms with Crippen LogP contribution < -0.4 is 0 Å². The van der Waals surface area contributed by atoms with Crippen molar-refractivity contribution in [2.45, 2.75) is 26.0 Å². The lowest BCUT2D eigenvalue weighted by molar-refractivity contribution is -0.0651. The minimum absolute atomic E-state index is 0.0306. The lowest BCUT2D eigenvalue weighted by atomic mass is 10.1. The van der Waals surface area contributed by atoms with Crippen LogP contribution in [0, 0.1) is 0 Å². The molecule has 18 heavy (non-hydrogen) atoms. The van der Waals surface area contributed by atoms with E-state index in [-0.39, 0.29) is 17.9 Å². The molecule has 2 aliphatic heterocycles. The van der Waals surface area contributed by atoms with Crippen molar-refractivity contribution in [1.29, 1.82) is 0 Å². The number of likely N-dealkylation sites (N-methyl/N-ethyl adjacent to an activating group) is 2. The van der Waals surface area contributed by atoms with Gasteiger partial charge in [0.1, 0.15) is 0 Å². The summed E-state index contributed by atoms with van der Waals surface area (Å²) in [4.78, 5) is 4.59. The fourth-order valence-corrected chi connectivity index (χ4v) is 4.48. The van der Waals surface area contributed by atoms with E-state index in [0.29, 0.717) is 18.9 Å². The highest BCUT2D eigenvalue weighted by atomic mass is 32.2. The summed E-state index contributed by atoms with van der Waals surface area (Å²) >= 11 is 0. The average molecular weight is 276 g/mol. The number of sulfone groups is 1. The molecule has 0 radical (unpaired) electrons. The first-order valence-electron chi connectivity index (χ1n) is 6.84. The second-order valence-electron chi connectivity index (χ2n) is 5.11. The van der Waals surface area contributed by atoms with Crippen LogP contribution in [0.1, 0.15) is 13.8 Å². The highest BCUT2D eigenvalue weighted by Crippen LogP contribution is 2.19. The molecular formula is C12H24N2O3S. The summed E-state index contributed by atoms with van der Waals surface area (Å²) in [5.74, 6) is 0.546. The fraction of sp³-hybridized carbons (Fsp3) is 1.00. The van der Waals surface area contributed by atoms with Crippen LogP contribution in [0.4, 0.5) is 0 Å². The van der Waals surface area contributed by atoms with Crippen LogP contribution in [0.5, 0.6) is 0 Å². The third kappa shape index (κ3) is 3.23. The summed E-state index contributed by atoms with van der Waals surface area (Å²) in [7, 11) is -2.89. The number of ether oxygens (including phenoxy) is 1. The Bertz CT molecular complexity index is 372. The van der Waals surface area contributed by atoms with Gasteiger partial charge in [-0.2, -0.15) is 0 Å². The Balaban J connectivity index is 2.07. The number of nitrogens with zero attached hydrogens (tertiary/aromatic N) is 2. The van der Waals surface area contributed by atoms with Crippen molar-refractivity contribution in [3.63, 3.8) is 0 Å². The minimum Gasteiger partial charge on any atom is -0.374 e. The summed E-state index contributed by atoms with van der Waals surface area (Å²) in [6.07, 6.45) is 0.0359. The van der Waals surface area contributed by atoms with E-state index in [0.717, 1.165) is 26.2 Å². The predicted octanol–water partition coefficient (Wildman–Crippen LogP) is -0.174. The van der Waals surface area contributed by atoms with Crippen LogP contribution >= 0.6 is 0 Å². The first-order chi connectivity index (χ1) is 8.55. The average Bonchev–Trinajstić information content (AvgIpc) is 2.38. The quantitative estimate of drug-likeness (QED) is 0.716. The van der Waals surface area contributed by atoms with Gasteiger partial charge in [-0.05, 0) is 13.1 Å². The molecule has 2 saturated heterocycles. The lowest BCUT2D eigenvalue weighted by Crippen LogP contribution is -2.59. The van der Waals surface area contributed by atoms with Gasteiger partial charge in [0.05, 0.1) is 30.3 Å². The van der Waals surface area contributed by atoms with Crippen molar-refractivity contribution in [3.8, 4) is 0 Å². The van der Waals surface area contributed by atoms with E-state index in [1.165, 1.54) is 0 Å². The lowest BCUT2D eigenvalue weighted by Gasteiger charge is -2.43. The molecule has 0 bridgehead atoms. The maximum atomic E-state index is 11.8. The molecule has 6 heteroatoms. The van der Waals surface area contributed by atoms with Crippen LogP contribution in [-0.2, 0) is 14.6 Å². The van der Waals surface area contributed by atoms with Crippen LogP contribution in [0.25, 0.3) is 0 Å². The Morgan fingerprint density at radius 3 is 2.67 bits per heavy atom. The first-order valence-corrected chi connectivity index (χ1v) is 8.66. The standard InChI is InChI=1S/C12H24N2O3S/c1-3-13-5-7-17-12(9-13)11-10-18(15,16)8-6-14(11)4-2/h11-12H,3-10H2,1-2H3. The topological polar surface area (TPSA) is 49.9 Å². The molecular weight excluding hydrogens is 252 g/mol. The smallest absolute Gasteiger partial charge is 0.153 e. The largest absolute Gasteiger partial charge is 0.374 e. The number of morpholine rings is 1. The second-order valence-corrected chi connectivity index (χ2v) is 7.34. The molecule has 0 aromatic heterocycles. The predicted molar refractivity (Wildman–Crippen MR) is 71.5 cm³/mol. The molecule has 0 N–H and O–H groups in total. The molecule has 2 fully saturated rings. The Hall–Kier alpha value is -0.170. The Morgan fingerprint density at radius 1 is 1.22 bits per heavy atom. The zero-order valence-corrected chi connectivity index (χ0v) is 12.2. The molecule has 2 rings (SSSR count). The fourth-order valence-electron chi connectivity index (χ4n) is 2.86. The summed E-state index contributed by atoms with van der Waals surface area (Å²) in [5.41, 5.74) is 0. The number of hydrogen-bond acceptors (Lipinski definition) is 5. The van der Waals surface area contributed by atoms with Gasteiger partial charge >= 0.3 is 0 Å². The third-order valence-electron chi connectivity index (χ3n) is 4.04. The van der Waals surface area contributed by atoms with Gasteiger partial charge < -0.3 is 4.74 Å². The summed E-state index contributed by atoms with van der Waals surface area (Å²) in [6, 6.07) is 0.0306. The first kappa shape index (κ1) is 14.2. The Labute approximate surface area is 110 Å². The maximum Gasteiger partial charge on any atom is 0.153 e.